The molecule has 0 bridgehead atoms. The molecular formula is C7H4ClF5OS. The van der Waals surface area contributed by atoms with Crippen LogP contribution in [0.15, 0.2) is 29.2 Å². The Balaban J connectivity index is 3.43. The van der Waals surface area contributed by atoms with Gasteiger partial charge in [-0.05, 0) is 23.7 Å². The van der Waals surface area contributed by atoms with Crippen molar-refractivity contribution >= 4 is 27.1 Å². The van der Waals surface area contributed by atoms with E-state index in [-0.39, 0.29) is 12.1 Å². The molecule has 15 heavy (non-hydrogen) atoms. The number of hydrogen-bond acceptors (Lipinski definition) is 1. The van der Waals surface area contributed by atoms with E-state index in [4.69, 9.17) is 11.6 Å². The molecule has 1 rings (SSSR count). The lowest BCUT2D eigenvalue weighted by Crippen LogP contribution is -2.06. The quantitative estimate of drug-likeness (QED) is 0.559. The second-order valence-electron chi connectivity index (χ2n) is 2.77. The molecule has 0 N–H and O–H groups in total. The fourth-order valence-corrected chi connectivity index (χ4v) is 1.66. The predicted molar refractivity (Wildman–Crippen MR) is 48.0 cm³/mol. The van der Waals surface area contributed by atoms with Gasteiger partial charge >= 0.3 is 10.2 Å². The third-order valence-electron chi connectivity index (χ3n) is 1.51. The van der Waals surface area contributed by atoms with Crippen molar-refractivity contribution in [3.8, 4) is 0 Å². The van der Waals surface area contributed by atoms with Gasteiger partial charge in [0.2, 0.25) is 0 Å². The second kappa shape index (κ2) is 2.65. The van der Waals surface area contributed by atoms with E-state index in [0.717, 1.165) is 6.07 Å². The van der Waals surface area contributed by atoms with Crippen LogP contribution >= 0.6 is 21.8 Å². The monoisotopic (exact) mass is 266 g/mol. The summed E-state index contributed by atoms with van der Waals surface area (Å²) in [6.07, 6.45) is 0. The summed E-state index contributed by atoms with van der Waals surface area (Å²) >= 11 is 4.88. The summed E-state index contributed by atoms with van der Waals surface area (Å²) in [6, 6.07) is 1.85. The number of halogens is 6. The van der Waals surface area contributed by atoms with E-state index in [1.54, 1.807) is 0 Å². The number of benzene rings is 1. The molecule has 0 saturated heterocycles. The van der Waals surface area contributed by atoms with Gasteiger partial charge in [0.05, 0.1) is 0 Å². The van der Waals surface area contributed by atoms with Crippen molar-refractivity contribution in [2.45, 2.75) is 4.90 Å². The summed E-state index contributed by atoms with van der Waals surface area (Å²) in [5, 5.41) is -1.22. The average Bonchev–Trinajstić information content (AvgIpc) is 2.00. The minimum Gasteiger partial charge on any atom is -0.276 e. The zero-order chi connectivity index (χ0) is 12.0. The van der Waals surface area contributed by atoms with E-state index < -0.39 is 25.9 Å². The molecule has 0 saturated carbocycles. The van der Waals surface area contributed by atoms with E-state index in [9.17, 15) is 24.2 Å². The van der Waals surface area contributed by atoms with E-state index in [0.29, 0.717) is 6.07 Å². The van der Waals surface area contributed by atoms with Crippen LogP contribution in [0.5, 0.6) is 0 Å². The molecule has 0 aliphatic rings. The topological polar surface area (TPSA) is 17.1 Å². The van der Waals surface area contributed by atoms with Gasteiger partial charge in [-0.25, -0.2) is 0 Å². The molecule has 0 atom stereocenters. The van der Waals surface area contributed by atoms with Crippen molar-refractivity contribution in [2.75, 3.05) is 0 Å². The van der Waals surface area contributed by atoms with Crippen LogP contribution in [-0.4, -0.2) is 5.24 Å². The van der Waals surface area contributed by atoms with Gasteiger partial charge in [0.25, 0.3) is 5.24 Å². The number of carbonyl (C=O) groups is 1. The van der Waals surface area contributed by atoms with Gasteiger partial charge in [-0.15, -0.1) is 0 Å². The fraction of sp³-hybridized carbons (Fsp3) is 0. The normalized spacial score (nSPS) is 16.7. The molecule has 86 valence electrons. The standard InChI is InChI=1S/C7H4ClF5OS/c8-7(14)5-2-1-3-6(4-5)15(9,10,11,12)13/h1-4H. The van der Waals surface area contributed by atoms with E-state index >= 15 is 0 Å². The number of carbonyl (C=O) groups excluding carboxylic acids is 1. The van der Waals surface area contributed by atoms with Crippen LogP contribution in [-0.2, 0) is 0 Å². The van der Waals surface area contributed by atoms with Gasteiger partial charge in [-0.1, -0.05) is 31.6 Å². The smallest absolute Gasteiger partial charge is 0.276 e. The Bertz CT molecular complexity index is 426. The third-order valence-corrected chi connectivity index (χ3v) is 2.87. The Morgan fingerprint density at radius 2 is 1.67 bits per heavy atom. The predicted octanol–water partition coefficient (Wildman–Crippen LogP) is 4.72. The first-order valence-electron chi connectivity index (χ1n) is 3.44. The van der Waals surface area contributed by atoms with Crippen LogP contribution in [0, 0.1) is 0 Å². The van der Waals surface area contributed by atoms with Crippen LogP contribution in [0.2, 0.25) is 0 Å². The summed E-state index contributed by atoms with van der Waals surface area (Å²) in [5.74, 6) is 0. The highest BCUT2D eigenvalue weighted by molar-refractivity contribution is 8.45. The van der Waals surface area contributed by atoms with Gasteiger partial charge in [-0.2, -0.15) is 0 Å². The summed E-state index contributed by atoms with van der Waals surface area (Å²) < 4.78 is 61.2. The van der Waals surface area contributed by atoms with Crippen molar-refractivity contribution in [1.82, 2.24) is 0 Å². The van der Waals surface area contributed by atoms with Crippen LogP contribution in [0.25, 0.3) is 0 Å². The number of rotatable bonds is 2. The van der Waals surface area contributed by atoms with Crippen molar-refractivity contribution in [2.24, 2.45) is 0 Å². The van der Waals surface area contributed by atoms with Crippen molar-refractivity contribution in [3.63, 3.8) is 0 Å². The minimum atomic E-state index is -9.72. The summed E-state index contributed by atoms with van der Waals surface area (Å²) in [6.45, 7) is 0. The molecule has 0 aliphatic heterocycles. The lowest BCUT2D eigenvalue weighted by Gasteiger charge is -2.40. The molecule has 8 heteroatoms. The summed E-state index contributed by atoms with van der Waals surface area (Å²) in [4.78, 5) is 8.38. The molecule has 0 aromatic heterocycles. The maximum atomic E-state index is 12.2. The summed E-state index contributed by atoms with van der Waals surface area (Å²) in [5.41, 5.74) is -0.623. The molecule has 1 aromatic carbocycles. The first-order valence-corrected chi connectivity index (χ1v) is 5.77. The molecule has 1 aromatic rings. The van der Waals surface area contributed by atoms with E-state index in [2.05, 4.69) is 0 Å². The molecule has 0 fully saturated rings. The minimum absolute atomic E-state index is 0.0386. The van der Waals surface area contributed by atoms with Gasteiger partial charge in [-0.3, -0.25) is 4.79 Å². The van der Waals surface area contributed by atoms with Crippen LogP contribution in [0.1, 0.15) is 10.4 Å². The van der Waals surface area contributed by atoms with Gasteiger partial charge < -0.3 is 0 Å². The van der Waals surface area contributed by atoms with Crippen molar-refractivity contribution < 1.29 is 24.2 Å². The average molecular weight is 267 g/mol. The van der Waals surface area contributed by atoms with Crippen molar-refractivity contribution in [3.05, 3.63) is 29.8 Å². The first kappa shape index (κ1) is 12.3. The highest BCUT2D eigenvalue weighted by atomic mass is 35.5. The SMILES string of the molecule is O=C(Cl)c1cccc(S(F)(F)(F)(F)F)c1. The van der Waals surface area contributed by atoms with Gasteiger partial charge in [0.15, 0.2) is 0 Å². The third kappa shape index (κ3) is 3.07. The van der Waals surface area contributed by atoms with E-state index in [1.807, 2.05) is 0 Å². The Hall–Kier alpha value is -0.820. The Labute approximate surface area is 86.6 Å². The highest BCUT2D eigenvalue weighted by Gasteiger charge is 2.65. The Morgan fingerprint density at radius 1 is 1.13 bits per heavy atom. The molecule has 0 aliphatic carbocycles. The molecule has 0 radical (unpaired) electrons. The lowest BCUT2D eigenvalue weighted by atomic mass is 10.2. The largest absolute Gasteiger partial charge is 0.310 e. The Kier molecular flexibility index (Phi) is 2.16. The first-order chi connectivity index (χ1) is 6.40. The maximum absolute atomic E-state index is 12.2. The van der Waals surface area contributed by atoms with Crippen LogP contribution in [0.3, 0.4) is 0 Å². The zero-order valence-electron chi connectivity index (χ0n) is 6.89. The van der Waals surface area contributed by atoms with Gasteiger partial charge in [0, 0.05) is 5.56 Å². The molecule has 0 amide bonds. The van der Waals surface area contributed by atoms with Crippen LogP contribution < -0.4 is 0 Å². The van der Waals surface area contributed by atoms with Crippen molar-refractivity contribution in [1.29, 1.82) is 0 Å². The highest BCUT2D eigenvalue weighted by Crippen LogP contribution is 3.02. The number of hydrogen-bond donors (Lipinski definition) is 0. The molecule has 0 heterocycles. The molecule has 0 unspecified atom stereocenters. The van der Waals surface area contributed by atoms with E-state index in [1.165, 1.54) is 0 Å². The molecule has 0 spiro atoms. The lowest BCUT2D eigenvalue weighted by molar-refractivity contribution is 0.108. The second-order valence-corrected chi connectivity index (χ2v) is 5.52. The molecular weight excluding hydrogens is 263 g/mol. The van der Waals surface area contributed by atoms with Crippen LogP contribution in [0.4, 0.5) is 19.4 Å². The Morgan fingerprint density at radius 3 is 2.07 bits per heavy atom. The fourth-order valence-electron chi connectivity index (χ4n) is 0.858. The molecule has 1 nitrogen and oxygen atoms in total. The maximum Gasteiger partial charge on any atom is 0.310 e. The van der Waals surface area contributed by atoms with Gasteiger partial charge in [0.1, 0.15) is 4.90 Å². The zero-order valence-corrected chi connectivity index (χ0v) is 8.47. The summed E-state index contributed by atoms with van der Waals surface area (Å²) in [7, 11) is -9.72.